The minimum atomic E-state index is -3.51. The summed E-state index contributed by atoms with van der Waals surface area (Å²) >= 11 is 6.42. The lowest BCUT2D eigenvalue weighted by molar-refractivity contribution is 0.102. The van der Waals surface area contributed by atoms with Crippen molar-refractivity contribution in [2.75, 3.05) is 21.9 Å². The van der Waals surface area contributed by atoms with Gasteiger partial charge in [0.1, 0.15) is 5.82 Å². The number of hydrogen-bond acceptors (Lipinski definition) is 4. The van der Waals surface area contributed by atoms with Gasteiger partial charge in [-0.2, -0.15) is 0 Å². The maximum absolute atomic E-state index is 15.0. The lowest BCUT2D eigenvalue weighted by atomic mass is 10.1. The Morgan fingerprint density at radius 2 is 1.81 bits per heavy atom. The first-order valence-electron chi connectivity index (χ1n) is 11.6. The Bertz CT molecular complexity index is 1580. The number of nitrogens with zero attached hydrogens (tertiary/aromatic N) is 2. The SMILES string of the molecule is O=C(Nc1ccc(Cl)c(-c2ccc3ccccc3n2)c1)c1ccc(N2CCCCCS2(=O)=O)cc1F. The molecule has 4 aromatic rings. The molecule has 0 radical (unpaired) electrons. The molecule has 0 spiro atoms. The Morgan fingerprint density at radius 1 is 0.972 bits per heavy atom. The van der Waals surface area contributed by atoms with Crippen LogP contribution in [0.1, 0.15) is 29.6 Å². The maximum Gasteiger partial charge on any atom is 0.258 e. The van der Waals surface area contributed by atoms with Gasteiger partial charge in [-0.05, 0) is 61.4 Å². The smallest absolute Gasteiger partial charge is 0.258 e. The van der Waals surface area contributed by atoms with E-state index in [1.165, 1.54) is 16.4 Å². The van der Waals surface area contributed by atoms with E-state index in [4.69, 9.17) is 11.6 Å². The molecule has 1 aromatic heterocycles. The predicted molar refractivity (Wildman–Crippen MR) is 142 cm³/mol. The van der Waals surface area contributed by atoms with Crippen molar-refractivity contribution in [2.24, 2.45) is 0 Å². The van der Waals surface area contributed by atoms with Crippen LogP contribution in [0.2, 0.25) is 5.02 Å². The first kappa shape index (κ1) is 24.2. The highest BCUT2D eigenvalue weighted by Gasteiger charge is 2.26. The Labute approximate surface area is 213 Å². The summed E-state index contributed by atoms with van der Waals surface area (Å²) in [5.41, 5.74) is 2.54. The zero-order chi connectivity index (χ0) is 25.3. The third-order valence-electron chi connectivity index (χ3n) is 6.18. The van der Waals surface area contributed by atoms with Crippen molar-refractivity contribution >= 4 is 49.8 Å². The second-order valence-corrected chi connectivity index (χ2v) is 11.1. The monoisotopic (exact) mass is 523 g/mol. The van der Waals surface area contributed by atoms with Crippen LogP contribution < -0.4 is 9.62 Å². The summed E-state index contributed by atoms with van der Waals surface area (Å²) in [4.78, 5) is 17.5. The fourth-order valence-electron chi connectivity index (χ4n) is 4.31. The lowest BCUT2D eigenvalue weighted by Crippen LogP contribution is -2.32. The number of benzene rings is 3. The number of carbonyl (C=O) groups excluding carboxylic acids is 1. The third-order valence-corrected chi connectivity index (χ3v) is 8.38. The number of pyridine rings is 1. The van der Waals surface area contributed by atoms with Crippen LogP contribution in [0, 0.1) is 5.82 Å². The molecule has 0 atom stereocenters. The second-order valence-electron chi connectivity index (χ2n) is 8.65. The van der Waals surface area contributed by atoms with Crippen LogP contribution in [0.5, 0.6) is 0 Å². The zero-order valence-electron chi connectivity index (χ0n) is 19.2. The van der Waals surface area contributed by atoms with E-state index in [0.717, 1.165) is 23.4 Å². The number of fused-ring (bicyclic) bond motifs is 1. The van der Waals surface area contributed by atoms with Gasteiger partial charge in [0.2, 0.25) is 10.0 Å². The molecule has 5 rings (SSSR count). The van der Waals surface area contributed by atoms with Gasteiger partial charge < -0.3 is 5.32 Å². The van der Waals surface area contributed by atoms with Crippen LogP contribution in [-0.2, 0) is 10.0 Å². The van der Waals surface area contributed by atoms with Gasteiger partial charge in [-0.25, -0.2) is 17.8 Å². The minimum absolute atomic E-state index is 0.0296. The van der Waals surface area contributed by atoms with Crippen LogP contribution in [-0.4, -0.2) is 31.6 Å². The Morgan fingerprint density at radius 3 is 2.64 bits per heavy atom. The molecule has 0 bridgehead atoms. The van der Waals surface area contributed by atoms with Gasteiger partial charge in [-0.1, -0.05) is 42.3 Å². The van der Waals surface area contributed by atoms with Crippen molar-refractivity contribution in [3.63, 3.8) is 0 Å². The second kappa shape index (κ2) is 9.87. The van der Waals surface area contributed by atoms with E-state index in [1.54, 1.807) is 18.2 Å². The molecule has 0 saturated carbocycles. The predicted octanol–water partition coefficient (Wildman–Crippen LogP) is 6.27. The number of sulfonamides is 1. The molecule has 2 heterocycles. The topological polar surface area (TPSA) is 79.4 Å². The Kier molecular flexibility index (Phi) is 6.64. The van der Waals surface area contributed by atoms with E-state index in [9.17, 15) is 17.6 Å². The molecule has 184 valence electrons. The van der Waals surface area contributed by atoms with Gasteiger partial charge in [0.25, 0.3) is 5.91 Å². The molecule has 1 fully saturated rings. The molecule has 3 aromatic carbocycles. The zero-order valence-corrected chi connectivity index (χ0v) is 20.8. The van der Waals surface area contributed by atoms with Crippen molar-refractivity contribution in [1.82, 2.24) is 4.98 Å². The molecule has 6 nitrogen and oxygen atoms in total. The first-order chi connectivity index (χ1) is 17.3. The van der Waals surface area contributed by atoms with Crippen LogP contribution >= 0.6 is 11.6 Å². The number of amides is 1. The number of para-hydroxylation sites is 1. The van der Waals surface area contributed by atoms with Gasteiger partial charge in [0, 0.05) is 23.2 Å². The van der Waals surface area contributed by atoms with Gasteiger partial charge >= 0.3 is 0 Å². The maximum atomic E-state index is 15.0. The molecule has 1 aliphatic rings. The van der Waals surface area contributed by atoms with Crippen LogP contribution in [0.15, 0.2) is 72.8 Å². The number of rotatable bonds is 4. The number of nitrogens with one attached hydrogen (secondary N) is 1. The van der Waals surface area contributed by atoms with E-state index in [-0.39, 0.29) is 17.0 Å². The Hall–Kier alpha value is -3.49. The summed E-state index contributed by atoms with van der Waals surface area (Å²) in [6.07, 6.45) is 2.09. The number of aromatic nitrogens is 1. The summed E-state index contributed by atoms with van der Waals surface area (Å²) in [6.45, 7) is 0.295. The average molecular weight is 524 g/mol. The lowest BCUT2D eigenvalue weighted by Gasteiger charge is -2.22. The Balaban J connectivity index is 1.39. The highest BCUT2D eigenvalue weighted by molar-refractivity contribution is 7.92. The summed E-state index contributed by atoms with van der Waals surface area (Å²) in [5.74, 6) is -1.42. The summed E-state index contributed by atoms with van der Waals surface area (Å²) in [6, 6.07) is 20.3. The van der Waals surface area contributed by atoms with Gasteiger partial charge in [-0.3, -0.25) is 9.10 Å². The van der Waals surface area contributed by atoms with Gasteiger partial charge in [-0.15, -0.1) is 0 Å². The van der Waals surface area contributed by atoms with Crippen molar-refractivity contribution in [3.8, 4) is 11.3 Å². The third kappa shape index (κ3) is 4.92. The van der Waals surface area contributed by atoms with E-state index in [2.05, 4.69) is 10.3 Å². The molecule has 1 amide bonds. The molecule has 9 heteroatoms. The number of anilines is 2. The molecule has 36 heavy (non-hydrogen) atoms. The number of halogens is 2. The first-order valence-corrected chi connectivity index (χ1v) is 13.6. The van der Waals surface area contributed by atoms with Crippen LogP contribution in [0.4, 0.5) is 15.8 Å². The highest BCUT2D eigenvalue weighted by atomic mass is 35.5. The minimum Gasteiger partial charge on any atom is -0.322 e. The van der Waals surface area contributed by atoms with E-state index >= 15 is 0 Å². The van der Waals surface area contributed by atoms with Gasteiger partial charge in [0.05, 0.1) is 33.2 Å². The van der Waals surface area contributed by atoms with Crippen molar-refractivity contribution in [2.45, 2.75) is 19.3 Å². The fourth-order valence-corrected chi connectivity index (χ4v) is 6.16. The highest BCUT2D eigenvalue weighted by Crippen LogP contribution is 2.31. The quantitative estimate of drug-likeness (QED) is 0.342. The van der Waals surface area contributed by atoms with Crippen molar-refractivity contribution in [3.05, 3.63) is 89.2 Å². The molecular weight excluding hydrogens is 501 g/mol. The van der Waals surface area contributed by atoms with Crippen molar-refractivity contribution < 1.29 is 17.6 Å². The summed E-state index contributed by atoms with van der Waals surface area (Å²) < 4.78 is 41.2. The number of hydrogen-bond donors (Lipinski definition) is 1. The fraction of sp³-hybridized carbons (Fsp3) is 0.185. The van der Waals surface area contributed by atoms with Crippen LogP contribution in [0.25, 0.3) is 22.2 Å². The largest absolute Gasteiger partial charge is 0.322 e. The molecule has 0 unspecified atom stereocenters. The molecule has 1 aliphatic heterocycles. The van der Waals surface area contributed by atoms with Crippen LogP contribution in [0.3, 0.4) is 0 Å². The van der Waals surface area contributed by atoms with E-state index in [1.807, 2.05) is 36.4 Å². The summed E-state index contributed by atoms with van der Waals surface area (Å²) in [5, 5.41) is 4.16. The number of carbonyl (C=O) groups is 1. The van der Waals surface area contributed by atoms with E-state index < -0.39 is 21.7 Å². The van der Waals surface area contributed by atoms with Gasteiger partial charge in [0.15, 0.2) is 0 Å². The normalized spacial score (nSPS) is 15.4. The average Bonchev–Trinajstić information content (AvgIpc) is 3.04. The molecule has 1 saturated heterocycles. The summed E-state index contributed by atoms with van der Waals surface area (Å²) in [7, 11) is -3.51. The standard InChI is InChI=1S/C27H23ClFN3O3S/c28-23-12-9-19(16-22(23)26-13-8-18-6-2-3-7-25(18)31-26)30-27(33)21-11-10-20(17-24(21)29)32-14-4-1-5-15-36(32,34)35/h2-3,6-13,16-17H,1,4-5,14-15H2,(H,30,33). The molecular formula is C27H23ClFN3O3S. The van der Waals surface area contributed by atoms with E-state index in [0.29, 0.717) is 41.4 Å². The van der Waals surface area contributed by atoms with Crippen molar-refractivity contribution in [1.29, 1.82) is 0 Å². The molecule has 1 N–H and O–H groups in total. The molecule has 0 aliphatic carbocycles.